The van der Waals surface area contributed by atoms with E-state index in [1.54, 1.807) is 0 Å². The maximum absolute atomic E-state index is 5.50. The van der Waals surface area contributed by atoms with Crippen LogP contribution in [0.5, 0.6) is 0 Å². The lowest BCUT2D eigenvalue weighted by Gasteiger charge is -2.23. The number of hydrogen-bond donors (Lipinski definition) is 0. The summed E-state index contributed by atoms with van der Waals surface area (Å²) >= 11 is 0. The van der Waals surface area contributed by atoms with Gasteiger partial charge in [0.05, 0.1) is 34.0 Å². The fraction of sp³-hybridized carbons (Fsp3) is 0.0816. The van der Waals surface area contributed by atoms with E-state index >= 15 is 0 Å². The van der Waals surface area contributed by atoms with Gasteiger partial charge in [0.1, 0.15) is 0 Å². The van der Waals surface area contributed by atoms with Gasteiger partial charge in [-0.05, 0) is 82.6 Å². The second-order valence-corrected chi connectivity index (χ2v) is 14.2. The van der Waals surface area contributed by atoms with Crippen LogP contribution in [0.3, 0.4) is 0 Å². The number of rotatable bonds is 4. The molecule has 0 amide bonds. The lowest BCUT2D eigenvalue weighted by molar-refractivity contribution is 0.648. The normalized spacial score (nSPS) is 15.3. The number of benzene rings is 5. The Kier molecular flexibility index (Phi) is 6.78. The molecule has 4 aromatic heterocycles. The van der Waals surface area contributed by atoms with Crippen LogP contribution in [-0.4, -0.2) is 19.5 Å². The quantitative estimate of drug-likeness (QED) is 0.174. The molecule has 53 heavy (non-hydrogen) atoms. The third-order valence-electron chi connectivity index (χ3n) is 11.2. The first-order valence-electron chi connectivity index (χ1n) is 18.5. The zero-order valence-electron chi connectivity index (χ0n) is 29.1. The van der Waals surface area contributed by atoms with Gasteiger partial charge in [0.15, 0.2) is 0 Å². The summed E-state index contributed by atoms with van der Waals surface area (Å²) < 4.78 is 2.45. The van der Waals surface area contributed by atoms with Gasteiger partial charge in [-0.25, -0.2) is 9.97 Å². The summed E-state index contributed by atoms with van der Waals surface area (Å²) in [6.07, 6.45) is 20.3. The Bertz CT molecular complexity index is 3040. The monoisotopic (exact) mass is 678 g/mol. The highest BCUT2D eigenvalue weighted by atomic mass is 15.0. The number of aromatic nitrogens is 4. The van der Waals surface area contributed by atoms with Crippen molar-refractivity contribution < 1.29 is 0 Å². The van der Waals surface area contributed by atoms with E-state index in [1.165, 1.54) is 55.0 Å². The Hall–Kier alpha value is -6.65. The minimum atomic E-state index is 0.270. The van der Waals surface area contributed by atoms with Crippen molar-refractivity contribution in [1.29, 1.82) is 0 Å². The van der Waals surface area contributed by atoms with Gasteiger partial charge in [-0.3, -0.25) is 4.98 Å². The van der Waals surface area contributed by atoms with Crippen LogP contribution >= 0.6 is 0 Å². The predicted octanol–water partition coefficient (Wildman–Crippen LogP) is 12.5. The zero-order valence-corrected chi connectivity index (χ0v) is 29.1. The van der Waals surface area contributed by atoms with Crippen LogP contribution in [0.1, 0.15) is 30.0 Å². The molecule has 0 saturated carbocycles. The zero-order chi connectivity index (χ0) is 34.9. The van der Waals surface area contributed by atoms with Gasteiger partial charge in [-0.1, -0.05) is 121 Å². The molecule has 4 nitrogen and oxygen atoms in total. The molecule has 2 aliphatic carbocycles. The number of hydrogen-bond acceptors (Lipinski definition) is 3. The molecule has 0 fully saturated rings. The van der Waals surface area contributed by atoms with Crippen LogP contribution in [0, 0.1) is 0 Å². The highest BCUT2D eigenvalue weighted by Crippen LogP contribution is 2.45. The number of fused-ring (bicyclic) bond motifs is 8. The molecule has 250 valence electrons. The van der Waals surface area contributed by atoms with E-state index < -0.39 is 0 Å². The third kappa shape index (κ3) is 4.72. The molecule has 9 aromatic rings. The van der Waals surface area contributed by atoms with Crippen LogP contribution in [0.25, 0.3) is 94.1 Å². The van der Waals surface area contributed by atoms with Crippen LogP contribution in [-0.2, 0) is 6.42 Å². The van der Waals surface area contributed by atoms with E-state index in [9.17, 15) is 0 Å². The van der Waals surface area contributed by atoms with Crippen molar-refractivity contribution in [3.8, 4) is 33.6 Å². The molecule has 2 aliphatic rings. The summed E-state index contributed by atoms with van der Waals surface area (Å²) in [6, 6.07) is 41.9. The van der Waals surface area contributed by atoms with Crippen molar-refractivity contribution in [3.63, 3.8) is 0 Å². The second-order valence-electron chi connectivity index (χ2n) is 14.2. The summed E-state index contributed by atoms with van der Waals surface area (Å²) in [6.45, 7) is 0. The van der Waals surface area contributed by atoms with E-state index in [2.05, 4.69) is 161 Å². The summed E-state index contributed by atoms with van der Waals surface area (Å²) in [4.78, 5) is 15.4. The van der Waals surface area contributed by atoms with Crippen LogP contribution in [0.15, 0.2) is 158 Å². The van der Waals surface area contributed by atoms with Gasteiger partial charge in [0.25, 0.3) is 0 Å². The van der Waals surface area contributed by atoms with Gasteiger partial charge in [-0.15, -0.1) is 0 Å². The SMILES string of the molecule is C1=CCC(n2c3ccncc3c3cc(-c4ccc5ccc6ccc(-c7c8c(c(-c9ccccc9)c9ccccc79)C=CCC8)nc6c5n4)ccc32)C=C1. The number of nitrogens with zero attached hydrogens (tertiary/aromatic N) is 4. The van der Waals surface area contributed by atoms with E-state index in [1.807, 2.05) is 12.4 Å². The molecular formula is C49H34N4. The van der Waals surface area contributed by atoms with E-state index in [-0.39, 0.29) is 6.04 Å². The molecule has 0 saturated heterocycles. The lowest BCUT2D eigenvalue weighted by Crippen LogP contribution is -2.06. The van der Waals surface area contributed by atoms with Gasteiger partial charge < -0.3 is 4.57 Å². The van der Waals surface area contributed by atoms with Gasteiger partial charge in [0, 0.05) is 50.6 Å². The molecule has 5 aromatic carbocycles. The molecule has 4 heterocycles. The average molecular weight is 679 g/mol. The Morgan fingerprint density at radius 2 is 1.32 bits per heavy atom. The Morgan fingerprint density at radius 3 is 2.13 bits per heavy atom. The fourth-order valence-electron chi connectivity index (χ4n) is 8.83. The van der Waals surface area contributed by atoms with E-state index in [0.717, 1.165) is 63.4 Å². The first kappa shape index (κ1) is 30.0. The number of pyridine rings is 3. The molecule has 0 aliphatic heterocycles. The summed E-state index contributed by atoms with van der Waals surface area (Å²) in [5.41, 5.74) is 13.7. The molecule has 1 atom stereocenters. The van der Waals surface area contributed by atoms with Gasteiger partial charge >= 0.3 is 0 Å². The van der Waals surface area contributed by atoms with Crippen molar-refractivity contribution >= 4 is 60.5 Å². The molecule has 0 spiro atoms. The first-order valence-corrected chi connectivity index (χ1v) is 18.5. The van der Waals surface area contributed by atoms with E-state index in [0.29, 0.717) is 0 Å². The summed E-state index contributed by atoms with van der Waals surface area (Å²) in [5.74, 6) is 0. The Balaban J connectivity index is 1.10. The molecule has 0 radical (unpaired) electrons. The minimum absolute atomic E-state index is 0.270. The maximum atomic E-state index is 5.50. The summed E-state index contributed by atoms with van der Waals surface area (Å²) in [7, 11) is 0. The smallest absolute Gasteiger partial charge is 0.0972 e. The third-order valence-corrected chi connectivity index (χ3v) is 11.2. The van der Waals surface area contributed by atoms with Crippen LogP contribution in [0.2, 0.25) is 0 Å². The maximum Gasteiger partial charge on any atom is 0.0972 e. The van der Waals surface area contributed by atoms with Crippen molar-refractivity contribution in [2.45, 2.75) is 25.3 Å². The van der Waals surface area contributed by atoms with Crippen LogP contribution < -0.4 is 0 Å². The standard InChI is InChI=1S/C49H34N4/c1-3-11-31(12-4-1)46-36-15-7-9-17-38(36)47(39-18-10-8-16-37(39)46)43-25-22-33-20-19-32-21-24-42(51-48(32)49(33)52-43)34-23-26-44-40(29-34)41-30-50-28-27-45(41)53(44)35-13-5-2-6-14-35/h1-9,11-13,15-17,19-30,35H,10,14,18H2. The summed E-state index contributed by atoms with van der Waals surface area (Å²) in [5, 5.41) is 7.01. The van der Waals surface area contributed by atoms with Crippen molar-refractivity contribution in [3.05, 3.63) is 169 Å². The molecule has 11 rings (SSSR count). The first-order chi connectivity index (χ1) is 26.3. The predicted molar refractivity (Wildman–Crippen MR) is 221 cm³/mol. The van der Waals surface area contributed by atoms with Crippen molar-refractivity contribution in [1.82, 2.24) is 19.5 Å². The van der Waals surface area contributed by atoms with Crippen LogP contribution in [0.4, 0.5) is 0 Å². The fourth-order valence-corrected chi connectivity index (χ4v) is 8.83. The highest BCUT2D eigenvalue weighted by Gasteiger charge is 2.23. The molecule has 4 heteroatoms. The van der Waals surface area contributed by atoms with E-state index in [4.69, 9.17) is 9.97 Å². The van der Waals surface area contributed by atoms with Gasteiger partial charge in [0.2, 0.25) is 0 Å². The second kappa shape index (κ2) is 12.0. The van der Waals surface area contributed by atoms with Gasteiger partial charge in [-0.2, -0.15) is 0 Å². The molecule has 0 N–H and O–H groups in total. The molecule has 0 bridgehead atoms. The van der Waals surface area contributed by atoms with Crippen molar-refractivity contribution in [2.24, 2.45) is 0 Å². The van der Waals surface area contributed by atoms with Crippen molar-refractivity contribution in [2.75, 3.05) is 0 Å². The lowest BCUT2D eigenvalue weighted by atomic mass is 9.81. The highest BCUT2D eigenvalue weighted by molar-refractivity contribution is 6.12. The minimum Gasteiger partial charge on any atom is -0.333 e. The molecular weight excluding hydrogens is 645 g/mol. The topological polar surface area (TPSA) is 43.6 Å². The number of allylic oxidation sites excluding steroid dienone is 5. The molecule has 1 unspecified atom stereocenters. The largest absolute Gasteiger partial charge is 0.333 e. The Labute approximate surface area is 307 Å². The average Bonchev–Trinajstić information content (AvgIpc) is 3.56. The Morgan fingerprint density at radius 1 is 0.585 bits per heavy atom.